The third-order valence-electron chi connectivity index (χ3n) is 1.38. The number of hydrogen-bond acceptors (Lipinski definition) is 2. The molecule has 2 rings (SSSR count). The molecule has 0 saturated heterocycles. The number of aromatic nitrogens is 3. The van der Waals surface area contributed by atoms with Gasteiger partial charge in [0.25, 0.3) is 0 Å². The van der Waals surface area contributed by atoms with Gasteiger partial charge in [-0.2, -0.15) is 4.98 Å². The quantitative estimate of drug-likeness (QED) is 0.590. The van der Waals surface area contributed by atoms with Gasteiger partial charge in [0, 0.05) is 18.5 Å². The number of nitrogens with zero attached hydrogens (tertiary/aromatic N) is 2. The molecule has 2 aromatic rings. The molecule has 4 nitrogen and oxygen atoms in total. The van der Waals surface area contributed by atoms with Crippen molar-refractivity contribution in [1.29, 1.82) is 0 Å². The Morgan fingerprint density at radius 3 is 3.27 bits per heavy atom. The van der Waals surface area contributed by atoms with Crippen LogP contribution in [0.4, 0.5) is 0 Å². The van der Waals surface area contributed by atoms with Crippen LogP contribution in [-0.4, -0.2) is 14.4 Å². The summed E-state index contributed by atoms with van der Waals surface area (Å²) >= 11 is 5.54. The van der Waals surface area contributed by atoms with Crippen LogP contribution in [0.1, 0.15) is 0 Å². The number of aromatic amines is 1. The van der Waals surface area contributed by atoms with Gasteiger partial charge < -0.3 is 4.98 Å². The zero-order valence-corrected chi connectivity index (χ0v) is 6.17. The first kappa shape index (κ1) is 6.42. The second-order valence-corrected chi connectivity index (χ2v) is 2.46. The van der Waals surface area contributed by atoms with Gasteiger partial charge in [-0.05, 0) is 0 Å². The van der Waals surface area contributed by atoms with Gasteiger partial charge in [-0.25, -0.2) is 4.79 Å². The topological polar surface area (TPSA) is 50.2 Å². The molecule has 0 spiro atoms. The molecule has 2 heterocycles. The normalized spacial score (nSPS) is 10.6. The molecule has 0 atom stereocenters. The van der Waals surface area contributed by atoms with Crippen molar-refractivity contribution in [2.45, 2.75) is 0 Å². The highest BCUT2D eigenvalue weighted by Crippen LogP contribution is 2.03. The maximum Gasteiger partial charge on any atom is 0.354 e. The van der Waals surface area contributed by atoms with Crippen molar-refractivity contribution in [2.24, 2.45) is 0 Å². The van der Waals surface area contributed by atoms with Crippen LogP contribution < -0.4 is 5.69 Å². The number of nitrogens with one attached hydrogen (secondary N) is 1. The summed E-state index contributed by atoms with van der Waals surface area (Å²) in [5, 5.41) is 0.206. The summed E-state index contributed by atoms with van der Waals surface area (Å²) in [6, 6.07) is 1.59. The lowest BCUT2D eigenvalue weighted by Gasteiger charge is -1.90. The van der Waals surface area contributed by atoms with Crippen LogP contribution in [0.3, 0.4) is 0 Å². The minimum absolute atomic E-state index is 0.206. The zero-order chi connectivity index (χ0) is 7.84. The smallest absolute Gasteiger partial charge is 0.346 e. The van der Waals surface area contributed by atoms with E-state index in [0.29, 0.717) is 5.65 Å². The zero-order valence-electron chi connectivity index (χ0n) is 5.41. The minimum Gasteiger partial charge on any atom is -0.346 e. The molecule has 0 saturated carbocycles. The molecule has 0 amide bonds. The maximum absolute atomic E-state index is 11.0. The lowest BCUT2D eigenvalue weighted by atomic mass is 10.6. The third-order valence-corrected chi connectivity index (χ3v) is 1.57. The molecule has 11 heavy (non-hydrogen) atoms. The molecular weight excluding hydrogens is 166 g/mol. The summed E-state index contributed by atoms with van der Waals surface area (Å²) in [4.78, 5) is 17.4. The standard InChI is InChI=1S/C6H4ClN3O/c7-4-3-5-8-1-2-10(5)6(11)9-4/h1-3,8H. The number of hydrogen-bond donors (Lipinski definition) is 1. The molecule has 0 aliphatic carbocycles. The van der Waals surface area contributed by atoms with Gasteiger partial charge in [-0.3, -0.25) is 4.40 Å². The molecule has 56 valence electrons. The van der Waals surface area contributed by atoms with E-state index in [2.05, 4.69) is 9.97 Å². The SMILES string of the molecule is O=c1nc(Cl)cc2[nH]ccn12. The van der Waals surface area contributed by atoms with Crippen LogP contribution in [0.2, 0.25) is 5.15 Å². The summed E-state index contributed by atoms with van der Waals surface area (Å²) in [7, 11) is 0. The largest absolute Gasteiger partial charge is 0.354 e. The monoisotopic (exact) mass is 169 g/mol. The molecule has 2 aromatic heterocycles. The van der Waals surface area contributed by atoms with Gasteiger partial charge in [-0.1, -0.05) is 11.6 Å². The van der Waals surface area contributed by atoms with E-state index in [1.54, 1.807) is 18.5 Å². The van der Waals surface area contributed by atoms with Crippen molar-refractivity contribution in [3.05, 3.63) is 34.1 Å². The Labute approximate surface area is 66.5 Å². The van der Waals surface area contributed by atoms with E-state index in [1.165, 1.54) is 4.40 Å². The second kappa shape index (κ2) is 2.10. The highest BCUT2D eigenvalue weighted by atomic mass is 35.5. The van der Waals surface area contributed by atoms with Gasteiger partial charge in [0.05, 0.1) is 0 Å². The third kappa shape index (κ3) is 0.914. The molecule has 1 N–H and O–H groups in total. The van der Waals surface area contributed by atoms with E-state index in [4.69, 9.17) is 11.6 Å². The Morgan fingerprint density at radius 2 is 2.45 bits per heavy atom. The number of H-pyrrole nitrogens is 1. The Hall–Kier alpha value is -1.29. The average molecular weight is 170 g/mol. The van der Waals surface area contributed by atoms with Gasteiger partial charge in [0.1, 0.15) is 10.8 Å². The molecule has 0 aliphatic heterocycles. The summed E-state index contributed by atoms with van der Waals surface area (Å²) in [5.41, 5.74) is 0.281. The van der Waals surface area contributed by atoms with E-state index in [1.807, 2.05) is 0 Å². The number of fused-ring (bicyclic) bond motifs is 1. The minimum atomic E-state index is -0.367. The van der Waals surface area contributed by atoms with Crippen molar-refractivity contribution in [3.63, 3.8) is 0 Å². The van der Waals surface area contributed by atoms with Crippen LogP contribution in [0.25, 0.3) is 5.65 Å². The van der Waals surface area contributed by atoms with Gasteiger partial charge in [0.2, 0.25) is 0 Å². The predicted molar refractivity (Wildman–Crippen MR) is 40.8 cm³/mol. The Bertz CT molecular complexity index is 444. The summed E-state index contributed by atoms with van der Waals surface area (Å²) in [5.74, 6) is 0. The fourth-order valence-electron chi connectivity index (χ4n) is 0.915. The predicted octanol–water partition coefficient (Wildman–Crippen LogP) is 0.676. The van der Waals surface area contributed by atoms with Crippen LogP contribution >= 0.6 is 11.6 Å². The fourth-order valence-corrected chi connectivity index (χ4v) is 1.09. The highest BCUT2D eigenvalue weighted by Gasteiger charge is 1.98. The molecule has 5 heteroatoms. The lowest BCUT2D eigenvalue weighted by molar-refractivity contribution is 1.00. The highest BCUT2D eigenvalue weighted by molar-refractivity contribution is 6.29. The van der Waals surface area contributed by atoms with E-state index in [9.17, 15) is 4.79 Å². The first-order valence-electron chi connectivity index (χ1n) is 3.00. The van der Waals surface area contributed by atoms with Crippen LogP contribution in [0, 0.1) is 0 Å². The van der Waals surface area contributed by atoms with Gasteiger partial charge in [0.15, 0.2) is 0 Å². The number of imidazole rings is 1. The van der Waals surface area contributed by atoms with Gasteiger partial charge >= 0.3 is 5.69 Å². The molecule has 0 radical (unpaired) electrons. The molecule has 0 aliphatic rings. The summed E-state index contributed by atoms with van der Waals surface area (Å²) in [6.45, 7) is 0. The molecular formula is C6H4ClN3O. The van der Waals surface area contributed by atoms with Crippen molar-refractivity contribution >= 4 is 17.2 Å². The van der Waals surface area contributed by atoms with Crippen molar-refractivity contribution in [3.8, 4) is 0 Å². The van der Waals surface area contributed by atoms with Crippen molar-refractivity contribution in [2.75, 3.05) is 0 Å². The Morgan fingerprint density at radius 1 is 1.64 bits per heavy atom. The average Bonchev–Trinajstić information content (AvgIpc) is 2.34. The summed E-state index contributed by atoms with van der Waals surface area (Å²) in [6.07, 6.45) is 3.25. The number of halogens is 1. The van der Waals surface area contributed by atoms with E-state index in [-0.39, 0.29) is 10.8 Å². The van der Waals surface area contributed by atoms with Crippen LogP contribution in [0.15, 0.2) is 23.3 Å². The van der Waals surface area contributed by atoms with Crippen LogP contribution in [-0.2, 0) is 0 Å². The molecule has 0 bridgehead atoms. The van der Waals surface area contributed by atoms with E-state index < -0.39 is 0 Å². The fraction of sp³-hybridized carbons (Fsp3) is 0. The molecule has 0 fully saturated rings. The van der Waals surface area contributed by atoms with Gasteiger partial charge in [-0.15, -0.1) is 0 Å². The maximum atomic E-state index is 11.0. The number of rotatable bonds is 0. The lowest BCUT2D eigenvalue weighted by Crippen LogP contribution is -2.14. The first-order chi connectivity index (χ1) is 5.27. The Balaban J connectivity index is 3.02. The van der Waals surface area contributed by atoms with E-state index >= 15 is 0 Å². The first-order valence-corrected chi connectivity index (χ1v) is 3.37. The summed E-state index contributed by atoms with van der Waals surface area (Å²) < 4.78 is 1.38. The molecule has 0 unspecified atom stereocenters. The second-order valence-electron chi connectivity index (χ2n) is 2.08. The van der Waals surface area contributed by atoms with E-state index in [0.717, 1.165) is 0 Å². The van der Waals surface area contributed by atoms with Crippen LogP contribution in [0.5, 0.6) is 0 Å². The Kier molecular flexibility index (Phi) is 1.22. The van der Waals surface area contributed by atoms with Crippen molar-refractivity contribution < 1.29 is 0 Å². The van der Waals surface area contributed by atoms with Crippen molar-refractivity contribution in [1.82, 2.24) is 14.4 Å². The molecule has 0 aromatic carbocycles.